The molecule has 2 aromatic carbocycles. The minimum atomic E-state index is -0.992. The van der Waals surface area contributed by atoms with Gasteiger partial charge in [-0.3, -0.25) is 39.2 Å². The van der Waals surface area contributed by atoms with E-state index in [4.69, 9.17) is 15.1 Å². The van der Waals surface area contributed by atoms with Gasteiger partial charge in [-0.1, -0.05) is 6.42 Å². The summed E-state index contributed by atoms with van der Waals surface area (Å²) in [4.78, 5) is 77.3. The van der Waals surface area contributed by atoms with Crippen LogP contribution in [0.5, 0.6) is 0 Å². The number of allylic oxidation sites excluding steroid dienone is 1. The molecule has 4 aliphatic heterocycles. The fourth-order valence-corrected chi connectivity index (χ4v) is 7.40. The molecule has 3 aromatic rings. The molecule has 1 atom stereocenters. The third-order valence-electron chi connectivity index (χ3n) is 10.5. The highest BCUT2D eigenvalue weighted by Gasteiger charge is 2.44. The van der Waals surface area contributed by atoms with Crippen LogP contribution in [-0.2, 0) is 19.1 Å². The lowest BCUT2D eigenvalue weighted by Crippen LogP contribution is -2.54. The number of rotatable bonds is 13. The molecule has 7 rings (SSSR count). The van der Waals surface area contributed by atoms with Crippen molar-refractivity contribution in [2.45, 2.75) is 63.5 Å². The first-order valence-electron chi connectivity index (χ1n) is 18.7. The van der Waals surface area contributed by atoms with Crippen LogP contribution in [0, 0.1) is 5.41 Å². The zero-order valence-corrected chi connectivity index (χ0v) is 30.1. The van der Waals surface area contributed by atoms with Crippen LogP contribution < -0.4 is 20.9 Å². The summed E-state index contributed by atoms with van der Waals surface area (Å²) < 4.78 is 5.48. The number of nitrogens with zero attached hydrogens (tertiary/aromatic N) is 5. The Bertz CT molecular complexity index is 1990. The maximum Gasteiger partial charge on any atom is 0.262 e. The van der Waals surface area contributed by atoms with Gasteiger partial charge in [0, 0.05) is 81.0 Å². The number of amides is 5. The summed E-state index contributed by atoms with van der Waals surface area (Å²) in [7, 11) is 0. The molecule has 4 N–H and O–H groups in total. The number of benzene rings is 2. The molecule has 0 spiro atoms. The Kier molecular flexibility index (Phi) is 11.2. The molecule has 0 radical (unpaired) electrons. The average Bonchev–Trinajstić information content (AvgIpc) is 3.44. The predicted octanol–water partition coefficient (Wildman–Crippen LogP) is 3.11. The van der Waals surface area contributed by atoms with Crippen LogP contribution >= 0.6 is 0 Å². The standard InChI is InChI=1S/C39H45N9O6/c40-22-25(33-24-43-31-8-6-28(21-32(31)44-33)46-16-18-54-19-17-46)23-42-26-11-14-47(15-12-26)36(50)4-2-1-3-13-41-27-5-7-29-30(20-27)39(53)48(38(29)52)34-9-10-35(49)45-37(34)51/h5-8,20-24,26,34,40-42H,1-4,9-19H2,(H,45,49,51)/b25-23+,40-22?. The van der Waals surface area contributed by atoms with E-state index in [0.29, 0.717) is 56.2 Å². The monoisotopic (exact) mass is 735 g/mol. The van der Waals surface area contributed by atoms with Gasteiger partial charge in [0.25, 0.3) is 11.8 Å². The highest BCUT2D eigenvalue weighted by atomic mass is 16.5. The Balaban J connectivity index is 0.815. The lowest BCUT2D eigenvalue weighted by Gasteiger charge is -2.32. The lowest BCUT2D eigenvalue weighted by atomic mass is 10.0. The second-order valence-electron chi connectivity index (χ2n) is 14.0. The number of anilines is 2. The molecular formula is C39H45N9O6. The van der Waals surface area contributed by atoms with Gasteiger partial charge >= 0.3 is 0 Å². The molecular weight excluding hydrogens is 690 g/mol. The summed E-state index contributed by atoms with van der Waals surface area (Å²) in [5.41, 5.74) is 5.12. The Labute approximate surface area is 313 Å². The second kappa shape index (κ2) is 16.5. The number of hydrogen-bond donors (Lipinski definition) is 4. The molecule has 3 saturated heterocycles. The highest BCUT2D eigenvalue weighted by Crippen LogP contribution is 2.30. The van der Waals surface area contributed by atoms with E-state index in [1.54, 1.807) is 24.4 Å². The SMILES string of the molecule is N=C/C(=C\NC1CCN(C(=O)CCCCCNc2ccc3c(c2)C(=O)N(C2CCC(=O)NC2=O)C3=O)CC1)c1cnc2ccc(N3CCOCC3)cc2n1. The Hall–Kier alpha value is -5.70. The van der Waals surface area contributed by atoms with E-state index >= 15 is 0 Å². The van der Waals surface area contributed by atoms with E-state index in [-0.39, 0.29) is 35.9 Å². The van der Waals surface area contributed by atoms with Crippen molar-refractivity contribution in [1.29, 1.82) is 5.41 Å². The maximum atomic E-state index is 13.1. The van der Waals surface area contributed by atoms with E-state index in [1.165, 1.54) is 6.21 Å². The van der Waals surface area contributed by atoms with Gasteiger partial charge in [0.2, 0.25) is 17.7 Å². The van der Waals surface area contributed by atoms with Crippen molar-refractivity contribution in [1.82, 2.24) is 30.4 Å². The number of carbonyl (C=O) groups is 5. The average molecular weight is 736 g/mol. The number of aromatic nitrogens is 2. The van der Waals surface area contributed by atoms with E-state index in [0.717, 1.165) is 66.8 Å². The number of ether oxygens (including phenoxy) is 1. The first-order chi connectivity index (χ1) is 26.3. The van der Waals surface area contributed by atoms with E-state index in [9.17, 15) is 24.0 Å². The first-order valence-corrected chi connectivity index (χ1v) is 18.7. The van der Waals surface area contributed by atoms with E-state index in [2.05, 4.69) is 31.9 Å². The molecule has 54 heavy (non-hydrogen) atoms. The molecule has 3 fully saturated rings. The van der Waals surface area contributed by atoms with Crippen molar-refractivity contribution in [3.05, 3.63) is 65.6 Å². The molecule has 4 aliphatic rings. The number of likely N-dealkylation sites (tertiary alicyclic amines) is 1. The second-order valence-corrected chi connectivity index (χ2v) is 14.0. The Morgan fingerprint density at radius 3 is 2.50 bits per heavy atom. The number of morpholine rings is 1. The Morgan fingerprint density at radius 2 is 1.72 bits per heavy atom. The molecule has 5 amide bonds. The van der Waals surface area contributed by atoms with Gasteiger partial charge in [-0.2, -0.15) is 0 Å². The normalized spacial score (nSPS) is 19.6. The quantitative estimate of drug-likeness (QED) is 0.115. The number of hydrogen-bond acceptors (Lipinski definition) is 12. The van der Waals surface area contributed by atoms with E-state index < -0.39 is 29.7 Å². The van der Waals surface area contributed by atoms with Gasteiger partial charge in [-0.05, 0) is 68.5 Å². The van der Waals surface area contributed by atoms with Crippen LogP contribution in [0.1, 0.15) is 77.8 Å². The fraction of sp³-hybridized carbons (Fsp3) is 0.436. The predicted molar refractivity (Wildman–Crippen MR) is 202 cm³/mol. The molecule has 0 aliphatic carbocycles. The van der Waals surface area contributed by atoms with Crippen LogP contribution in [0.4, 0.5) is 11.4 Å². The van der Waals surface area contributed by atoms with Crippen molar-refractivity contribution in [2.24, 2.45) is 0 Å². The number of fused-ring (bicyclic) bond motifs is 2. The van der Waals surface area contributed by atoms with Crippen LogP contribution in [0.25, 0.3) is 16.6 Å². The minimum absolute atomic E-state index is 0.0752. The topological polar surface area (TPSA) is 190 Å². The number of unbranched alkanes of at least 4 members (excludes halogenated alkanes) is 2. The summed E-state index contributed by atoms with van der Waals surface area (Å²) in [6.45, 7) is 5.06. The summed E-state index contributed by atoms with van der Waals surface area (Å²) in [6.07, 6.45) is 9.56. The molecule has 0 saturated carbocycles. The third kappa shape index (κ3) is 8.10. The zero-order chi connectivity index (χ0) is 37.6. The molecule has 1 aromatic heterocycles. The number of nitrogens with one attached hydrogen (secondary N) is 4. The summed E-state index contributed by atoms with van der Waals surface area (Å²) >= 11 is 0. The third-order valence-corrected chi connectivity index (χ3v) is 10.5. The molecule has 0 bridgehead atoms. The largest absolute Gasteiger partial charge is 0.387 e. The van der Waals surface area contributed by atoms with Gasteiger partial charge in [0.1, 0.15) is 6.04 Å². The maximum absolute atomic E-state index is 13.1. The zero-order valence-electron chi connectivity index (χ0n) is 30.1. The first kappa shape index (κ1) is 36.6. The molecule has 5 heterocycles. The van der Waals surface area contributed by atoms with Crippen molar-refractivity contribution in [3.63, 3.8) is 0 Å². The number of carbonyl (C=O) groups excluding carboxylic acids is 5. The molecule has 15 nitrogen and oxygen atoms in total. The van der Waals surface area contributed by atoms with Crippen LogP contribution in [-0.4, -0.2) is 114 Å². The van der Waals surface area contributed by atoms with Gasteiger partial charge in [-0.25, -0.2) is 4.98 Å². The van der Waals surface area contributed by atoms with Crippen molar-refractivity contribution in [2.75, 3.05) is 56.2 Å². The van der Waals surface area contributed by atoms with Gasteiger partial charge in [0.15, 0.2) is 0 Å². The summed E-state index contributed by atoms with van der Waals surface area (Å²) in [6, 6.07) is 10.2. The lowest BCUT2D eigenvalue weighted by molar-refractivity contribution is -0.136. The number of piperidine rings is 2. The fourth-order valence-electron chi connectivity index (χ4n) is 7.40. The minimum Gasteiger partial charge on any atom is -0.387 e. The smallest absolute Gasteiger partial charge is 0.262 e. The highest BCUT2D eigenvalue weighted by molar-refractivity contribution is 6.23. The van der Waals surface area contributed by atoms with Gasteiger partial charge < -0.3 is 30.6 Å². The van der Waals surface area contributed by atoms with Crippen molar-refractivity contribution in [3.8, 4) is 0 Å². The van der Waals surface area contributed by atoms with Crippen LogP contribution in [0.15, 0.2) is 48.8 Å². The van der Waals surface area contributed by atoms with E-state index in [1.807, 2.05) is 23.2 Å². The summed E-state index contributed by atoms with van der Waals surface area (Å²) in [5, 5.41) is 17.0. The van der Waals surface area contributed by atoms with Crippen molar-refractivity contribution >= 4 is 63.7 Å². The number of imide groups is 2. The van der Waals surface area contributed by atoms with Gasteiger partial charge in [-0.15, -0.1) is 0 Å². The van der Waals surface area contributed by atoms with Gasteiger partial charge in [0.05, 0.1) is 47.3 Å². The van der Waals surface area contributed by atoms with Crippen molar-refractivity contribution < 1.29 is 28.7 Å². The van der Waals surface area contributed by atoms with Crippen LogP contribution in [0.2, 0.25) is 0 Å². The molecule has 15 heteroatoms. The molecule has 1 unspecified atom stereocenters. The van der Waals surface area contributed by atoms with Crippen LogP contribution in [0.3, 0.4) is 0 Å². The Morgan fingerprint density at radius 1 is 0.926 bits per heavy atom. The summed E-state index contributed by atoms with van der Waals surface area (Å²) in [5.74, 6) is -1.95. The molecule has 282 valence electrons.